The van der Waals surface area contributed by atoms with E-state index in [-0.39, 0.29) is 16.9 Å². The number of nitrogens with zero attached hydrogens (tertiary/aromatic N) is 1. The number of sulfonamides is 1. The first kappa shape index (κ1) is 17.2. The van der Waals surface area contributed by atoms with E-state index in [1.807, 2.05) is 27.7 Å². The maximum absolute atomic E-state index is 12.3. The summed E-state index contributed by atoms with van der Waals surface area (Å²) in [5, 5.41) is 3.26. The number of pyridine rings is 1. The molecule has 0 aliphatic rings. The molecule has 0 aromatic carbocycles. The maximum atomic E-state index is 12.3. The van der Waals surface area contributed by atoms with E-state index in [0.717, 1.165) is 6.42 Å². The van der Waals surface area contributed by atoms with Crippen molar-refractivity contribution in [2.75, 3.05) is 11.9 Å². The Morgan fingerprint density at radius 2 is 2.00 bits per heavy atom. The summed E-state index contributed by atoms with van der Waals surface area (Å²) in [7, 11) is -3.59. The number of aromatic nitrogens is 1. The van der Waals surface area contributed by atoms with Crippen molar-refractivity contribution in [3.8, 4) is 0 Å². The third-order valence-corrected chi connectivity index (χ3v) is 5.12. The topological polar surface area (TPSA) is 71.1 Å². The fourth-order valence-corrected chi connectivity index (χ4v) is 3.27. The minimum absolute atomic E-state index is 0.0827. The molecule has 114 valence electrons. The first-order valence-corrected chi connectivity index (χ1v) is 8.59. The van der Waals surface area contributed by atoms with Gasteiger partial charge in [-0.1, -0.05) is 31.9 Å². The Morgan fingerprint density at radius 3 is 2.50 bits per heavy atom. The number of nitrogens with one attached hydrogen (secondary N) is 2. The Hall–Kier alpha value is -0.850. The monoisotopic (exact) mass is 319 g/mol. The van der Waals surface area contributed by atoms with Crippen molar-refractivity contribution < 1.29 is 8.42 Å². The van der Waals surface area contributed by atoms with Gasteiger partial charge in [0.05, 0.1) is 5.02 Å². The summed E-state index contributed by atoms with van der Waals surface area (Å²) in [5.74, 6) is 0.748. The molecule has 7 heteroatoms. The van der Waals surface area contributed by atoms with Crippen molar-refractivity contribution in [1.82, 2.24) is 9.71 Å². The molecular weight excluding hydrogens is 298 g/mol. The summed E-state index contributed by atoms with van der Waals surface area (Å²) in [4.78, 5) is 4.13. The van der Waals surface area contributed by atoms with E-state index in [2.05, 4.69) is 15.0 Å². The second kappa shape index (κ2) is 7.24. The Bertz CT molecular complexity index is 549. The molecule has 2 N–H and O–H groups in total. The van der Waals surface area contributed by atoms with Crippen molar-refractivity contribution in [2.24, 2.45) is 5.92 Å². The zero-order chi connectivity index (χ0) is 15.3. The fourth-order valence-electron chi connectivity index (χ4n) is 1.65. The molecule has 0 spiro atoms. The first-order chi connectivity index (χ1) is 9.31. The van der Waals surface area contributed by atoms with Gasteiger partial charge in [-0.15, -0.1) is 0 Å². The average Bonchev–Trinajstić information content (AvgIpc) is 2.39. The molecule has 0 amide bonds. The highest BCUT2D eigenvalue weighted by Crippen LogP contribution is 2.22. The molecular formula is C13H22ClN3O2S. The minimum Gasteiger partial charge on any atom is -0.369 e. The van der Waals surface area contributed by atoms with Crippen molar-refractivity contribution in [3.63, 3.8) is 0 Å². The summed E-state index contributed by atoms with van der Waals surface area (Å²) >= 11 is 6.02. The third-order valence-electron chi connectivity index (χ3n) is 3.31. The van der Waals surface area contributed by atoms with Gasteiger partial charge < -0.3 is 5.32 Å². The van der Waals surface area contributed by atoms with Crippen molar-refractivity contribution >= 4 is 27.4 Å². The predicted octanol–water partition coefficient (Wildman–Crippen LogP) is 2.88. The van der Waals surface area contributed by atoms with E-state index in [1.165, 1.54) is 12.3 Å². The van der Waals surface area contributed by atoms with Crippen LogP contribution in [0.1, 0.15) is 34.1 Å². The van der Waals surface area contributed by atoms with Gasteiger partial charge in [-0.25, -0.2) is 18.1 Å². The summed E-state index contributed by atoms with van der Waals surface area (Å²) < 4.78 is 27.2. The van der Waals surface area contributed by atoms with E-state index < -0.39 is 10.0 Å². The van der Waals surface area contributed by atoms with Gasteiger partial charge >= 0.3 is 0 Å². The zero-order valence-electron chi connectivity index (χ0n) is 12.3. The average molecular weight is 320 g/mol. The van der Waals surface area contributed by atoms with E-state index >= 15 is 0 Å². The van der Waals surface area contributed by atoms with Crippen LogP contribution in [0, 0.1) is 5.92 Å². The van der Waals surface area contributed by atoms with Gasteiger partial charge in [0.1, 0.15) is 10.7 Å². The molecule has 0 radical (unpaired) electrons. The van der Waals surface area contributed by atoms with Gasteiger partial charge in [-0.3, -0.25) is 0 Å². The smallest absolute Gasteiger partial charge is 0.242 e. The van der Waals surface area contributed by atoms with E-state index in [4.69, 9.17) is 11.6 Å². The van der Waals surface area contributed by atoms with E-state index in [0.29, 0.717) is 17.4 Å². The Labute approximate surface area is 126 Å². The molecule has 1 heterocycles. The summed E-state index contributed by atoms with van der Waals surface area (Å²) in [6.45, 7) is 8.47. The van der Waals surface area contributed by atoms with Crippen LogP contribution in [0.2, 0.25) is 5.02 Å². The molecule has 2 unspecified atom stereocenters. The van der Waals surface area contributed by atoms with Crippen molar-refractivity contribution in [1.29, 1.82) is 0 Å². The highest BCUT2D eigenvalue weighted by atomic mass is 35.5. The zero-order valence-corrected chi connectivity index (χ0v) is 13.8. The number of rotatable bonds is 7. The largest absolute Gasteiger partial charge is 0.369 e. The van der Waals surface area contributed by atoms with Gasteiger partial charge in [0.25, 0.3) is 0 Å². The fraction of sp³-hybridized carbons (Fsp3) is 0.615. The molecule has 0 bridgehead atoms. The molecule has 1 aromatic rings. The van der Waals surface area contributed by atoms with Gasteiger partial charge in [-0.05, 0) is 25.8 Å². The normalized spacial score (nSPS) is 14.8. The minimum atomic E-state index is -3.59. The van der Waals surface area contributed by atoms with Gasteiger partial charge in [-0.2, -0.15) is 0 Å². The van der Waals surface area contributed by atoms with Crippen LogP contribution in [-0.4, -0.2) is 26.0 Å². The molecule has 0 saturated heterocycles. The van der Waals surface area contributed by atoms with Crippen molar-refractivity contribution in [3.05, 3.63) is 17.3 Å². The molecule has 1 aromatic heterocycles. The van der Waals surface area contributed by atoms with Gasteiger partial charge in [0, 0.05) is 18.8 Å². The number of hydrogen-bond donors (Lipinski definition) is 2. The van der Waals surface area contributed by atoms with Crippen LogP contribution in [0.5, 0.6) is 0 Å². The third kappa shape index (κ3) is 4.33. The van der Waals surface area contributed by atoms with Crippen LogP contribution in [0.4, 0.5) is 5.82 Å². The molecule has 0 saturated carbocycles. The lowest BCUT2D eigenvalue weighted by molar-refractivity contribution is 0.434. The predicted molar refractivity (Wildman–Crippen MR) is 82.6 cm³/mol. The number of halogens is 1. The van der Waals surface area contributed by atoms with Crippen LogP contribution >= 0.6 is 11.6 Å². The maximum Gasteiger partial charge on any atom is 0.242 e. The van der Waals surface area contributed by atoms with E-state index in [1.54, 1.807) is 0 Å². The number of hydrogen-bond acceptors (Lipinski definition) is 4. The highest BCUT2D eigenvalue weighted by molar-refractivity contribution is 7.89. The SMILES string of the molecule is CCNc1ncc(S(=O)(=O)NC(C)C(C)CC)cc1Cl. The quantitative estimate of drug-likeness (QED) is 0.810. The summed E-state index contributed by atoms with van der Waals surface area (Å²) in [6.07, 6.45) is 2.22. The summed E-state index contributed by atoms with van der Waals surface area (Å²) in [6, 6.07) is 1.27. The molecule has 20 heavy (non-hydrogen) atoms. The molecule has 0 fully saturated rings. The number of anilines is 1. The summed E-state index contributed by atoms with van der Waals surface area (Å²) in [5.41, 5.74) is 0. The standard InChI is InChI=1S/C13H22ClN3O2S/c1-5-9(3)10(4)17-20(18,19)11-7-12(14)13(15-6-2)16-8-11/h7-10,17H,5-6H2,1-4H3,(H,15,16). The van der Waals surface area contributed by atoms with Crippen LogP contribution in [0.25, 0.3) is 0 Å². The van der Waals surface area contributed by atoms with Crippen LogP contribution < -0.4 is 10.0 Å². The molecule has 2 atom stereocenters. The van der Waals surface area contributed by atoms with Gasteiger partial charge in [0.2, 0.25) is 10.0 Å². The van der Waals surface area contributed by atoms with Crippen molar-refractivity contribution in [2.45, 2.75) is 45.1 Å². The molecule has 1 rings (SSSR count). The first-order valence-electron chi connectivity index (χ1n) is 6.73. The Morgan fingerprint density at radius 1 is 1.35 bits per heavy atom. The highest BCUT2D eigenvalue weighted by Gasteiger charge is 2.21. The second-order valence-electron chi connectivity index (χ2n) is 4.83. The molecule has 0 aliphatic heterocycles. The lowest BCUT2D eigenvalue weighted by Crippen LogP contribution is -2.36. The molecule has 5 nitrogen and oxygen atoms in total. The van der Waals surface area contributed by atoms with Crippen LogP contribution in [0.15, 0.2) is 17.2 Å². The van der Waals surface area contributed by atoms with Crippen LogP contribution in [-0.2, 0) is 10.0 Å². The second-order valence-corrected chi connectivity index (χ2v) is 6.95. The Kier molecular flexibility index (Phi) is 6.23. The lowest BCUT2D eigenvalue weighted by atomic mass is 10.0. The Balaban J connectivity index is 2.96. The lowest BCUT2D eigenvalue weighted by Gasteiger charge is -2.19. The van der Waals surface area contributed by atoms with Gasteiger partial charge in [0.15, 0.2) is 0 Å². The van der Waals surface area contributed by atoms with E-state index in [9.17, 15) is 8.42 Å². The van der Waals surface area contributed by atoms with Crippen LogP contribution in [0.3, 0.4) is 0 Å². The molecule has 0 aliphatic carbocycles.